The van der Waals surface area contributed by atoms with E-state index in [1.807, 2.05) is 0 Å². The van der Waals surface area contributed by atoms with Gasteiger partial charge in [0.2, 0.25) is 0 Å². The normalized spacial score (nSPS) is 19.0. The number of carbonyl (C=O) groups is 1. The third-order valence-electron chi connectivity index (χ3n) is 3.71. The molecule has 0 aliphatic heterocycles. The van der Waals surface area contributed by atoms with Crippen LogP contribution in [0, 0.1) is 0 Å². The van der Waals surface area contributed by atoms with Crippen molar-refractivity contribution in [2.24, 2.45) is 0 Å². The Morgan fingerprint density at radius 1 is 1.11 bits per heavy atom. The number of rotatable bonds is 3. The molecule has 1 fully saturated rings. The van der Waals surface area contributed by atoms with Crippen molar-refractivity contribution in [3.63, 3.8) is 0 Å². The van der Waals surface area contributed by atoms with Gasteiger partial charge in [0.25, 0.3) is 0 Å². The van der Waals surface area contributed by atoms with Crippen molar-refractivity contribution in [1.29, 1.82) is 0 Å². The summed E-state index contributed by atoms with van der Waals surface area (Å²) in [5, 5.41) is 10.5. The van der Waals surface area contributed by atoms with Crippen LogP contribution in [-0.4, -0.2) is 23.6 Å². The molecule has 0 aromatic heterocycles. The van der Waals surface area contributed by atoms with E-state index in [2.05, 4.69) is 0 Å². The molecule has 0 saturated heterocycles. The van der Waals surface area contributed by atoms with Gasteiger partial charge in [0, 0.05) is 5.56 Å². The van der Waals surface area contributed by atoms with Crippen molar-refractivity contribution in [3.8, 4) is 5.75 Å². The Labute approximate surface area is 108 Å². The molecule has 0 spiro atoms. The second-order valence-corrected chi connectivity index (χ2v) is 5.00. The lowest BCUT2D eigenvalue weighted by Gasteiger charge is -2.25. The fraction of sp³-hybridized carbons (Fsp3) is 0.533. The molecular formula is C15H20O3. The van der Waals surface area contributed by atoms with Crippen LogP contribution in [0.25, 0.3) is 0 Å². The van der Waals surface area contributed by atoms with Gasteiger partial charge in [-0.05, 0) is 37.1 Å². The van der Waals surface area contributed by atoms with Gasteiger partial charge in [-0.3, -0.25) is 4.79 Å². The molecule has 98 valence electrons. The van der Waals surface area contributed by atoms with Crippen LogP contribution in [0.1, 0.15) is 48.9 Å². The zero-order valence-corrected chi connectivity index (χ0v) is 10.8. The minimum Gasteiger partial charge on any atom is -0.497 e. The van der Waals surface area contributed by atoms with Crippen LogP contribution < -0.4 is 4.74 Å². The van der Waals surface area contributed by atoms with Gasteiger partial charge in [0.1, 0.15) is 11.4 Å². The highest BCUT2D eigenvalue weighted by molar-refractivity contribution is 6.02. The molecule has 0 atom stereocenters. The number of ketones is 1. The van der Waals surface area contributed by atoms with Crippen LogP contribution in [0.2, 0.25) is 0 Å². The SMILES string of the molecule is COc1ccc(C(=O)C2(O)CCCCCC2)cc1. The van der Waals surface area contributed by atoms with E-state index in [0.717, 1.165) is 31.4 Å². The van der Waals surface area contributed by atoms with Crippen LogP contribution in [0.5, 0.6) is 5.75 Å². The van der Waals surface area contributed by atoms with Crippen molar-refractivity contribution in [3.05, 3.63) is 29.8 Å². The number of hydrogen-bond donors (Lipinski definition) is 1. The highest BCUT2D eigenvalue weighted by atomic mass is 16.5. The van der Waals surface area contributed by atoms with Crippen LogP contribution in [-0.2, 0) is 0 Å². The number of ether oxygens (including phenoxy) is 1. The second kappa shape index (κ2) is 5.53. The van der Waals surface area contributed by atoms with Gasteiger partial charge < -0.3 is 9.84 Å². The summed E-state index contributed by atoms with van der Waals surface area (Å²) in [6.07, 6.45) is 5.24. The molecule has 0 bridgehead atoms. The fourth-order valence-electron chi connectivity index (χ4n) is 2.55. The maximum atomic E-state index is 12.4. The molecule has 18 heavy (non-hydrogen) atoms. The highest BCUT2D eigenvalue weighted by Gasteiger charge is 2.36. The minimum absolute atomic E-state index is 0.146. The van der Waals surface area contributed by atoms with Crippen molar-refractivity contribution in [1.82, 2.24) is 0 Å². The number of benzene rings is 1. The summed E-state index contributed by atoms with van der Waals surface area (Å²) in [6, 6.07) is 6.97. The average Bonchev–Trinajstić information content (AvgIpc) is 2.64. The Kier molecular flexibility index (Phi) is 4.02. The van der Waals surface area contributed by atoms with Gasteiger partial charge in [-0.15, -0.1) is 0 Å². The summed E-state index contributed by atoms with van der Waals surface area (Å²) in [5.41, 5.74) is -0.592. The topological polar surface area (TPSA) is 46.5 Å². The van der Waals surface area contributed by atoms with E-state index in [1.54, 1.807) is 31.4 Å². The van der Waals surface area contributed by atoms with Gasteiger partial charge in [-0.2, -0.15) is 0 Å². The van der Waals surface area contributed by atoms with Gasteiger partial charge in [-0.25, -0.2) is 0 Å². The molecule has 3 nitrogen and oxygen atoms in total. The lowest BCUT2D eigenvalue weighted by Crippen LogP contribution is -2.38. The number of Topliss-reactive ketones (excluding diaryl/α,β-unsaturated/α-hetero) is 1. The lowest BCUT2D eigenvalue weighted by atomic mass is 9.86. The zero-order chi connectivity index (χ0) is 13.0. The summed E-state index contributed by atoms with van der Waals surface area (Å²) in [7, 11) is 1.59. The minimum atomic E-state index is -1.16. The van der Waals surface area contributed by atoms with E-state index < -0.39 is 5.60 Å². The molecule has 1 saturated carbocycles. The third-order valence-corrected chi connectivity index (χ3v) is 3.71. The smallest absolute Gasteiger partial charge is 0.194 e. The van der Waals surface area contributed by atoms with Crippen molar-refractivity contribution in [2.45, 2.75) is 44.1 Å². The first-order chi connectivity index (χ1) is 8.65. The molecular weight excluding hydrogens is 228 g/mol. The first-order valence-corrected chi connectivity index (χ1v) is 6.57. The molecule has 0 radical (unpaired) electrons. The summed E-state index contributed by atoms with van der Waals surface area (Å²) < 4.78 is 5.07. The first kappa shape index (κ1) is 13.1. The van der Waals surface area contributed by atoms with Crippen molar-refractivity contribution >= 4 is 5.78 Å². The largest absolute Gasteiger partial charge is 0.497 e. The molecule has 0 heterocycles. The Hall–Kier alpha value is -1.35. The predicted molar refractivity (Wildman–Crippen MR) is 70.0 cm³/mol. The predicted octanol–water partition coefficient (Wildman–Crippen LogP) is 2.96. The van der Waals surface area contributed by atoms with E-state index in [9.17, 15) is 9.90 Å². The van der Waals surface area contributed by atoms with Gasteiger partial charge in [0.15, 0.2) is 5.78 Å². The van der Waals surface area contributed by atoms with Crippen LogP contribution in [0.4, 0.5) is 0 Å². The number of aliphatic hydroxyl groups is 1. The maximum absolute atomic E-state index is 12.4. The molecule has 1 aromatic carbocycles. The summed E-state index contributed by atoms with van der Waals surface area (Å²) >= 11 is 0. The molecule has 1 aliphatic rings. The quantitative estimate of drug-likeness (QED) is 0.660. The molecule has 3 heteroatoms. The molecule has 0 unspecified atom stereocenters. The number of hydrogen-bond acceptors (Lipinski definition) is 3. The van der Waals surface area contributed by atoms with Crippen molar-refractivity contribution in [2.75, 3.05) is 7.11 Å². The third kappa shape index (κ3) is 2.72. The van der Waals surface area contributed by atoms with Crippen LogP contribution in [0.15, 0.2) is 24.3 Å². The zero-order valence-electron chi connectivity index (χ0n) is 10.8. The summed E-state index contributed by atoms with van der Waals surface area (Å²) in [4.78, 5) is 12.4. The van der Waals surface area contributed by atoms with Crippen LogP contribution in [0.3, 0.4) is 0 Å². The Balaban J connectivity index is 2.17. The number of carbonyl (C=O) groups excluding carboxylic acids is 1. The molecule has 2 rings (SSSR count). The lowest BCUT2D eigenvalue weighted by molar-refractivity contribution is 0.0238. The Morgan fingerprint density at radius 3 is 2.17 bits per heavy atom. The van der Waals surface area contributed by atoms with E-state index in [4.69, 9.17) is 4.74 Å². The number of methoxy groups -OCH3 is 1. The second-order valence-electron chi connectivity index (χ2n) is 5.00. The van der Waals surface area contributed by atoms with Gasteiger partial charge in [0.05, 0.1) is 7.11 Å². The molecule has 0 amide bonds. The maximum Gasteiger partial charge on any atom is 0.194 e. The fourth-order valence-corrected chi connectivity index (χ4v) is 2.55. The summed E-state index contributed by atoms with van der Waals surface area (Å²) in [6.45, 7) is 0. The van der Waals surface area contributed by atoms with E-state index in [1.165, 1.54) is 0 Å². The molecule has 1 aliphatic carbocycles. The first-order valence-electron chi connectivity index (χ1n) is 6.57. The Morgan fingerprint density at radius 2 is 1.67 bits per heavy atom. The monoisotopic (exact) mass is 248 g/mol. The van der Waals surface area contributed by atoms with E-state index in [0.29, 0.717) is 18.4 Å². The van der Waals surface area contributed by atoms with Gasteiger partial charge in [-0.1, -0.05) is 25.7 Å². The van der Waals surface area contributed by atoms with Gasteiger partial charge >= 0.3 is 0 Å². The van der Waals surface area contributed by atoms with Crippen molar-refractivity contribution < 1.29 is 14.6 Å². The highest BCUT2D eigenvalue weighted by Crippen LogP contribution is 2.30. The molecule has 1 N–H and O–H groups in total. The van der Waals surface area contributed by atoms with Crippen LogP contribution >= 0.6 is 0 Å². The summed E-state index contributed by atoms with van der Waals surface area (Å²) in [5.74, 6) is 0.575. The Bertz CT molecular complexity index is 400. The van der Waals surface area contributed by atoms with E-state index in [-0.39, 0.29) is 5.78 Å². The average molecular weight is 248 g/mol. The van der Waals surface area contributed by atoms with E-state index >= 15 is 0 Å². The molecule has 1 aromatic rings. The standard InChI is InChI=1S/C15H20O3/c1-18-13-8-6-12(7-9-13)14(16)15(17)10-4-2-3-5-11-15/h6-9,17H,2-5,10-11H2,1H3.